The number of hydrogen-bond acceptors (Lipinski definition) is 6. The fourth-order valence-electron chi connectivity index (χ4n) is 4.53. The van der Waals surface area contributed by atoms with Gasteiger partial charge < -0.3 is 14.4 Å². The van der Waals surface area contributed by atoms with Crippen LogP contribution in [0.5, 0.6) is 0 Å². The molecule has 0 saturated carbocycles. The van der Waals surface area contributed by atoms with E-state index in [1.807, 2.05) is 37.3 Å². The molecule has 33 heavy (non-hydrogen) atoms. The molecule has 1 fully saturated rings. The number of ether oxygens (including phenoxy) is 2. The van der Waals surface area contributed by atoms with Crippen molar-refractivity contribution in [3.63, 3.8) is 0 Å². The Bertz CT molecular complexity index is 909. The number of esters is 2. The van der Waals surface area contributed by atoms with E-state index >= 15 is 0 Å². The molecule has 6 nitrogen and oxygen atoms in total. The van der Waals surface area contributed by atoms with Crippen LogP contribution >= 0.6 is 0 Å². The van der Waals surface area contributed by atoms with Gasteiger partial charge in [0.05, 0.1) is 25.7 Å². The highest BCUT2D eigenvalue weighted by Crippen LogP contribution is 2.33. The third-order valence-electron chi connectivity index (χ3n) is 6.53. The SMILES string of the molecule is CCOC(=O)c1cccc(N2CCN(CCCC(C)(CC(=O)OC)c3ccccc3)CC2)c1. The third kappa shape index (κ3) is 6.81. The second kappa shape index (κ2) is 11.8. The van der Waals surface area contributed by atoms with Gasteiger partial charge in [-0.25, -0.2) is 4.79 Å². The van der Waals surface area contributed by atoms with Crippen molar-refractivity contribution in [2.75, 3.05) is 51.3 Å². The zero-order chi connectivity index (χ0) is 23.7. The molecule has 1 heterocycles. The van der Waals surface area contributed by atoms with Gasteiger partial charge >= 0.3 is 11.9 Å². The predicted octanol–water partition coefficient (Wildman–Crippen LogP) is 4.29. The first-order valence-corrected chi connectivity index (χ1v) is 11.8. The van der Waals surface area contributed by atoms with Crippen molar-refractivity contribution in [2.24, 2.45) is 0 Å². The van der Waals surface area contributed by atoms with Crippen molar-refractivity contribution in [3.8, 4) is 0 Å². The summed E-state index contributed by atoms with van der Waals surface area (Å²) in [7, 11) is 1.45. The van der Waals surface area contributed by atoms with Gasteiger partial charge in [-0.3, -0.25) is 9.69 Å². The summed E-state index contributed by atoms with van der Waals surface area (Å²) in [5.74, 6) is -0.438. The van der Waals surface area contributed by atoms with Gasteiger partial charge in [-0.2, -0.15) is 0 Å². The van der Waals surface area contributed by atoms with Crippen LogP contribution in [0.2, 0.25) is 0 Å². The smallest absolute Gasteiger partial charge is 0.338 e. The molecule has 0 N–H and O–H groups in total. The summed E-state index contributed by atoms with van der Waals surface area (Å²) < 4.78 is 10.1. The van der Waals surface area contributed by atoms with Crippen molar-refractivity contribution < 1.29 is 19.1 Å². The van der Waals surface area contributed by atoms with Crippen LogP contribution in [0.3, 0.4) is 0 Å². The summed E-state index contributed by atoms with van der Waals surface area (Å²) in [5, 5.41) is 0. The summed E-state index contributed by atoms with van der Waals surface area (Å²) in [6.45, 7) is 9.15. The largest absolute Gasteiger partial charge is 0.469 e. The van der Waals surface area contributed by atoms with Crippen LogP contribution < -0.4 is 4.90 Å². The van der Waals surface area contributed by atoms with E-state index in [1.54, 1.807) is 6.07 Å². The molecule has 1 aliphatic heterocycles. The molecular formula is C27H36N2O4. The highest BCUT2D eigenvalue weighted by atomic mass is 16.5. The Kier molecular flexibility index (Phi) is 8.89. The van der Waals surface area contributed by atoms with Gasteiger partial charge in [0.15, 0.2) is 0 Å². The van der Waals surface area contributed by atoms with E-state index < -0.39 is 0 Å². The molecule has 6 heteroatoms. The molecule has 0 radical (unpaired) electrons. The highest BCUT2D eigenvalue weighted by molar-refractivity contribution is 5.90. The van der Waals surface area contributed by atoms with Crippen LogP contribution in [-0.4, -0.2) is 63.3 Å². The summed E-state index contributed by atoms with van der Waals surface area (Å²) in [4.78, 5) is 28.9. The van der Waals surface area contributed by atoms with Crippen LogP contribution in [0.4, 0.5) is 5.69 Å². The van der Waals surface area contributed by atoms with E-state index in [0.29, 0.717) is 18.6 Å². The molecule has 1 aliphatic rings. The van der Waals surface area contributed by atoms with E-state index in [4.69, 9.17) is 9.47 Å². The predicted molar refractivity (Wildman–Crippen MR) is 131 cm³/mol. The van der Waals surface area contributed by atoms with Crippen molar-refractivity contribution in [3.05, 3.63) is 65.7 Å². The number of piperazine rings is 1. The molecule has 1 saturated heterocycles. The Labute approximate surface area is 197 Å². The van der Waals surface area contributed by atoms with E-state index in [2.05, 4.69) is 34.9 Å². The zero-order valence-electron chi connectivity index (χ0n) is 20.1. The molecule has 2 aromatic carbocycles. The third-order valence-corrected chi connectivity index (χ3v) is 6.53. The molecule has 2 aromatic rings. The molecule has 1 unspecified atom stereocenters. The van der Waals surface area contributed by atoms with Crippen LogP contribution in [0, 0.1) is 0 Å². The van der Waals surface area contributed by atoms with Gasteiger partial charge in [-0.05, 0) is 50.1 Å². The maximum Gasteiger partial charge on any atom is 0.338 e. The Hall–Kier alpha value is -2.86. The Morgan fingerprint density at radius 2 is 1.73 bits per heavy atom. The van der Waals surface area contributed by atoms with Gasteiger partial charge in [0.1, 0.15) is 0 Å². The van der Waals surface area contributed by atoms with E-state index in [1.165, 1.54) is 12.7 Å². The standard InChI is InChI=1S/C27H36N2O4/c1-4-33-26(31)22-10-8-13-24(20-22)29-18-16-28(17-19-29)15-9-14-27(2,21-25(30)32-3)23-11-6-5-7-12-23/h5-8,10-13,20H,4,9,14-19,21H2,1-3H3. The van der Waals surface area contributed by atoms with Crippen molar-refractivity contribution >= 4 is 17.6 Å². The number of carbonyl (C=O) groups is 2. The lowest BCUT2D eigenvalue weighted by Gasteiger charge is -2.37. The Morgan fingerprint density at radius 1 is 1.00 bits per heavy atom. The second-order valence-corrected chi connectivity index (χ2v) is 8.88. The number of anilines is 1. The first kappa shape index (κ1) is 24.8. The molecule has 0 aromatic heterocycles. The highest BCUT2D eigenvalue weighted by Gasteiger charge is 2.30. The number of methoxy groups -OCH3 is 1. The molecular weight excluding hydrogens is 416 g/mol. The van der Waals surface area contributed by atoms with Gasteiger partial charge in [0, 0.05) is 37.3 Å². The van der Waals surface area contributed by atoms with Crippen LogP contribution in [0.15, 0.2) is 54.6 Å². The lowest BCUT2D eigenvalue weighted by molar-refractivity contribution is -0.142. The lowest BCUT2D eigenvalue weighted by Crippen LogP contribution is -2.46. The number of hydrogen-bond donors (Lipinski definition) is 0. The topological polar surface area (TPSA) is 59.1 Å². The molecule has 0 amide bonds. The van der Waals surface area contributed by atoms with Crippen molar-refractivity contribution in [1.29, 1.82) is 0 Å². The van der Waals surface area contributed by atoms with E-state index in [9.17, 15) is 9.59 Å². The van der Waals surface area contributed by atoms with Crippen LogP contribution in [0.25, 0.3) is 0 Å². The molecule has 0 aliphatic carbocycles. The zero-order valence-corrected chi connectivity index (χ0v) is 20.1. The minimum Gasteiger partial charge on any atom is -0.469 e. The molecule has 178 valence electrons. The van der Waals surface area contributed by atoms with Crippen LogP contribution in [0.1, 0.15) is 49.0 Å². The monoisotopic (exact) mass is 452 g/mol. The van der Waals surface area contributed by atoms with Crippen molar-refractivity contribution in [2.45, 2.75) is 38.5 Å². The number of nitrogens with zero attached hydrogens (tertiary/aromatic N) is 2. The molecule has 1 atom stereocenters. The fourth-order valence-corrected chi connectivity index (χ4v) is 4.53. The van der Waals surface area contributed by atoms with Gasteiger partial charge in [0.25, 0.3) is 0 Å². The summed E-state index contributed by atoms with van der Waals surface area (Å²) in [6.07, 6.45) is 2.33. The quantitative estimate of drug-likeness (QED) is 0.502. The molecule has 3 rings (SSSR count). The average molecular weight is 453 g/mol. The number of carbonyl (C=O) groups excluding carboxylic acids is 2. The maximum atomic E-state index is 12.1. The van der Waals surface area contributed by atoms with E-state index in [-0.39, 0.29) is 17.4 Å². The van der Waals surface area contributed by atoms with Gasteiger partial charge in [-0.1, -0.05) is 43.3 Å². The summed E-state index contributed by atoms with van der Waals surface area (Å²) in [6, 6.07) is 18.0. The molecule has 0 spiro atoms. The van der Waals surface area contributed by atoms with E-state index in [0.717, 1.165) is 51.3 Å². The summed E-state index contributed by atoms with van der Waals surface area (Å²) in [5.41, 5.74) is 2.61. The van der Waals surface area contributed by atoms with Gasteiger partial charge in [0.2, 0.25) is 0 Å². The maximum absolute atomic E-state index is 12.1. The second-order valence-electron chi connectivity index (χ2n) is 8.88. The minimum absolute atomic E-state index is 0.167. The summed E-state index contributed by atoms with van der Waals surface area (Å²) >= 11 is 0. The fraction of sp³-hybridized carbons (Fsp3) is 0.481. The Morgan fingerprint density at radius 3 is 2.39 bits per heavy atom. The number of benzene rings is 2. The normalized spacial score (nSPS) is 16.2. The minimum atomic E-state index is -0.272. The first-order chi connectivity index (χ1) is 15.9. The number of rotatable bonds is 10. The van der Waals surface area contributed by atoms with Gasteiger partial charge in [-0.15, -0.1) is 0 Å². The average Bonchev–Trinajstić information content (AvgIpc) is 2.85. The first-order valence-electron chi connectivity index (χ1n) is 11.8. The van der Waals surface area contributed by atoms with Crippen LogP contribution in [-0.2, 0) is 19.7 Å². The van der Waals surface area contributed by atoms with Crippen molar-refractivity contribution in [1.82, 2.24) is 4.90 Å². The molecule has 0 bridgehead atoms. The Balaban J connectivity index is 1.52. The lowest BCUT2D eigenvalue weighted by atomic mass is 9.76.